The smallest absolute Gasteiger partial charge is 0.243 e. The lowest BCUT2D eigenvalue weighted by Crippen LogP contribution is -2.40. The summed E-state index contributed by atoms with van der Waals surface area (Å²) >= 11 is 0. The second-order valence-electron chi connectivity index (χ2n) is 7.07. The first-order valence-electron chi connectivity index (χ1n) is 8.79. The molecule has 7 heteroatoms. The van der Waals surface area contributed by atoms with E-state index in [-0.39, 0.29) is 30.2 Å². The normalized spacial score (nSPS) is 22.6. The fourth-order valence-electron chi connectivity index (χ4n) is 3.77. The number of carbonyl (C=O) groups excluding carboxylic acids is 2. The SMILES string of the molecule is C=CC(=O)N[C@@H]1CN(C(=O)Cc2noc3ccc(F)cc23)C[C@H]1C1CC1. The topological polar surface area (TPSA) is 75.4 Å². The van der Waals surface area contributed by atoms with Gasteiger partial charge in [0.2, 0.25) is 11.8 Å². The van der Waals surface area contributed by atoms with Gasteiger partial charge in [-0.3, -0.25) is 9.59 Å². The molecule has 6 nitrogen and oxygen atoms in total. The van der Waals surface area contributed by atoms with Crippen molar-refractivity contribution < 1.29 is 18.5 Å². The highest BCUT2D eigenvalue weighted by Gasteiger charge is 2.44. The van der Waals surface area contributed by atoms with Crippen LogP contribution in [0.4, 0.5) is 4.39 Å². The molecular formula is C19H20FN3O3. The summed E-state index contributed by atoms with van der Waals surface area (Å²) in [6, 6.07) is 4.08. The van der Waals surface area contributed by atoms with Gasteiger partial charge in [0.05, 0.1) is 12.5 Å². The summed E-state index contributed by atoms with van der Waals surface area (Å²) in [5.41, 5.74) is 0.897. The third-order valence-electron chi connectivity index (χ3n) is 5.28. The number of nitrogens with zero attached hydrogens (tertiary/aromatic N) is 2. The molecule has 2 aliphatic rings. The number of nitrogens with one attached hydrogen (secondary N) is 1. The number of halogens is 1. The van der Waals surface area contributed by atoms with Crippen LogP contribution in [0.15, 0.2) is 35.4 Å². The van der Waals surface area contributed by atoms with E-state index in [0.29, 0.717) is 35.7 Å². The highest BCUT2D eigenvalue weighted by Crippen LogP contribution is 2.41. The van der Waals surface area contributed by atoms with Crippen molar-refractivity contribution >= 4 is 22.8 Å². The molecule has 1 saturated carbocycles. The first-order chi connectivity index (χ1) is 12.5. The van der Waals surface area contributed by atoms with Crippen LogP contribution in [0.25, 0.3) is 11.0 Å². The molecule has 2 heterocycles. The highest BCUT2D eigenvalue weighted by atomic mass is 19.1. The monoisotopic (exact) mass is 357 g/mol. The van der Waals surface area contributed by atoms with Gasteiger partial charge in [0.25, 0.3) is 0 Å². The van der Waals surface area contributed by atoms with Crippen LogP contribution in [-0.4, -0.2) is 41.0 Å². The number of aromatic nitrogens is 1. The van der Waals surface area contributed by atoms with E-state index in [0.717, 1.165) is 12.8 Å². The van der Waals surface area contributed by atoms with Crippen LogP contribution in [0.5, 0.6) is 0 Å². The quantitative estimate of drug-likeness (QED) is 0.831. The van der Waals surface area contributed by atoms with Crippen molar-refractivity contribution in [3.63, 3.8) is 0 Å². The van der Waals surface area contributed by atoms with Crippen molar-refractivity contribution in [2.45, 2.75) is 25.3 Å². The largest absolute Gasteiger partial charge is 0.356 e. The molecule has 2 fully saturated rings. The van der Waals surface area contributed by atoms with Gasteiger partial charge in [0.1, 0.15) is 11.5 Å². The van der Waals surface area contributed by atoms with E-state index in [1.807, 2.05) is 0 Å². The molecule has 2 amide bonds. The van der Waals surface area contributed by atoms with Gasteiger partial charge in [-0.1, -0.05) is 11.7 Å². The molecule has 1 aromatic carbocycles. The van der Waals surface area contributed by atoms with Crippen LogP contribution in [0.2, 0.25) is 0 Å². The summed E-state index contributed by atoms with van der Waals surface area (Å²) in [5, 5.41) is 7.39. The Hall–Kier alpha value is -2.70. The Balaban J connectivity index is 1.48. The summed E-state index contributed by atoms with van der Waals surface area (Å²) in [6.45, 7) is 4.58. The Morgan fingerprint density at radius 3 is 2.92 bits per heavy atom. The molecule has 2 atom stereocenters. The van der Waals surface area contributed by atoms with Gasteiger partial charge in [-0.05, 0) is 43.0 Å². The summed E-state index contributed by atoms with van der Waals surface area (Å²) < 4.78 is 18.6. The zero-order valence-electron chi connectivity index (χ0n) is 14.3. The number of rotatable bonds is 5. The highest BCUT2D eigenvalue weighted by molar-refractivity contribution is 5.88. The Morgan fingerprint density at radius 2 is 2.19 bits per heavy atom. The molecule has 136 valence electrons. The fraction of sp³-hybridized carbons (Fsp3) is 0.421. The minimum Gasteiger partial charge on any atom is -0.356 e. The second kappa shape index (κ2) is 6.55. The predicted molar refractivity (Wildman–Crippen MR) is 92.6 cm³/mol. The molecule has 0 unspecified atom stereocenters. The summed E-state index contributed by atoms with van der Waals surface area (Å²) in [6.07, 6.45) is 3.58. The van der Waals surface area contributed by atoms with Gasteiger partial charge in [-0.2, -0.15) is 0 Å². The van der Waals surface area contributed by atoms with Crippen molar-refractivity contribution in [3.8, 4) is 0 Å². The second-order valence-corrected chi connectivity index (χ2v) is 7.07. The molecule has 0 bridgehead atoms. The molecular weight excluding hydrogens is 337 g/mol. The van der Waals surface area contributed by atoms with Gasteiger partial charge in [-0.15, -0.1) is 0 Å². The molecule has 1 aliphatic carbocycles. The van der Waals surface area contributed by atoms with Crippen molar-refractivity contribution in [2.75, 3.05) is 13.1 Å². The van der Waals surface area contributed by atoms with Gasteiger partial charge in [0.15, 0.2) is 5.58 Å². The predicted octanol–water partition coefficient (Wildman–Crippen LogP) is 2.05. The molecule has 1 N–H and O–H groups in total. The Labute approximate surface area is 150 Å². The third-order valence-corrected chi connectivity index (χ3v) is 5.28. The van der Waals surface area contributed by atoms with Crippen LogP contribution in [0, 0.1) is 17.7 Å². The number of hydrogen-bond donors (Lipinski definition) is 1. The molecule has 1 aliphatic heterocycles. The zero-order chi connectivity index (χ0) is 18.3. The van der Waals surface area contributed by atoms with Crippen molar-refractivity contribution in [1.82, 2.24) is 15.4 Å². The first-order valence-corrected chi connectivity index (χ1v) is 8.79. The van der Waals surface area contributed by atoms with Crippen LogP contribution in [-0.2, 0) is 16.0 Å². The Bertz CT molecular complexity index is 874. The van der Waals surface area contributed by atoms with Gasteiger partial charge in [0, 0.05) is 24.4 Å². The van der Waals surface area contributed by atoms with E-state index < -0.39 is 5.82 Å². The van der Waals surface area contributed by atoms with Crippen LogP contribution < -0.4 is 5.32 Å². The Morgan fingerprint density at radius 1 is 1.38 bits per heavy atom. The average molecular weight is 357 g/mol. The average Bonchev–Trinajstić information content (AvgIpc) is 3.28. The van der Waals surface area contributed by atoms with Crippen LogP contribution in [0.1, 0.15) is 18.5 Å². The number of likely N-dealkylation sites (tertiary alicyclic amines) is 1. The zero-order valence-corrected chi connectivity index (χ0v) is 14.3. The third kappa shape index (κ3) is 3.21. The first kappa shape index (κ1) is 16.8. The lowest BCUT2D eigenvalue weighted by atomic mass is 9.98. The van der Waals surface area contributed by atoms with Crippen LogP contribution in [0.3, 0.4) is 0 Å². The van der Waals surface area contributed by atoms with E-state index in [1.165, 1.54) is 24.3 Å². The number of hydrogen-bond acceptors (Lipinski definition) is 4. The lowest BCUT2D eigenvalue weighted by molar-refractivity contribution is -0.129. The summed E-state index contributed by atoms with van der Waals surface area (Å²) in [4.78, 5) is 26.2. The number of benzene rings is 1. The van der Waals surface area contributed by atoms with Crippen molar-refractivity contribution in [1.29, 1.82) is 0 Å². The van der Waals surface area contributed by atoms with E-state index in [1.54, 1.807) is 4.90 Å². The summed E-state index contributed by atoms with van der Waals surface area (Å²) in [5.74, 6) is 0.134. The lowest BCUT2D eigenvalue weighted by Gasteiger charge is -2.17. The standard InChI is InChI=1S/C19H20FN3O3/c1-2-18(24)21-16-10-23(9-14(16)11-3-4-11)19(25)8-15-13-7-12(20)5-6-17(13)26-22-15/h2,5-7,11,14,16H,1,3-4,8-10H2,(H,21,24)/t14-,16+/m0/s1. The van der Waals surface area contributed by atoms with Crippen LogP contribution >= 0.6 is 0 Å². The maximum atomic E-state index is 13.5. The van der Waals surface area contributed by atoms with Crippen molar-refractivity contribution in [3.05, 3.63) is 42.4 Å². The van der Waals surface area contributed by atoms with E-state index in [9.17, 15) is 14.0 Å². The molecule has 1 aromatic heterocycles. The van der Waals surface area contributed by atoms with Gasteiger partial charge < -0.3 is 14.7 Å². The summed E-state index contributed by atoms with van der Waals surface area (Å²) in [7, 11) is 0. The number of fused-ring (bicyclic) bond motifs is 1. The molecule has 0 radical (unpaired) electrons. The molecule has 2 aromatic rings. The minimum atomic E-state index is -0.392. The molecule has 1 saturated heterocycles. The molecule has 26 heavy (non-hydrogen) atoms. The van der Waals surface area contributed by atoms with Gasteiger partial charge in [-0.25, -0.2) is 4.39 Å². The van der Waals surface area contributed by atoms with Crippen molar-refractivity contribution in [2.24, 2.45) is 11.8 Å². The van der Waals surface area contributed by atoms with E-state index in [2.05, 4.69) is 17.1 Å². The maximum absolute atomic E-state index is 13.5. The van der Waals surface area contributed by atoms with E-state index in [4.69, 9.17) is 4.52 Å². The van der Waals surface area contributed by atoms with E-state index >= 15 is 0 Å². The number of carbonyl (C=O) groups is 2. The maximum Gasteiger partial charge on any atom is 0.243 e. The van der Waals surface area contributed by atoms with Gasteiger partial charge >= 0.3 is 0 Å². The Kier molecular flexibility index (Phi) is 4.22. The molecule has 4 rings (SSSR count). The molecule has 0 spiro atoms. The fourth-order valence-corrected chi connectivity index (χ4v) is 3.77. The minimum absolute atomic E-state index is 0.0516. The number of amides is 2.